The molecule has 4 N–H and O–H groups in total. The number of aromatic amines is 1. The van der Waals surface area contributed by atoms with Crippen LogP contribution in [-0.4, -0.2) is 35.7 Å². The molecule has 0 bridgehead atoms. The van der Waals surface area contributed by atoms with E-state index in [1.807, 2.05) is 43.3 Å². The van der Waals surface area contributed by atoms with Gasteiger partial charge in [-0.25, -0.2) is 0 Å². The Morgan fingerprint density at radius 3 is 2.64 bits per heavy atom. The predicted octanol–water partition coefficient (Wildman–Crippen LogP) is 3.33. The molecule has 0 radical (unpaired) electrons. The Labute approximate surface area is 191 Å². The molecule has 166 valence electrons. The van der Waals surface area contributed by atoms with Crippen molar-refractivity contribution in [2.24, 2.45) is 5.92 Å². The average Bonchev–Trinajstić information content (AvgIpc) is 3.42. The number of aromatic nitrogens is 1. The minimum Gasteiger partial charge on any atom is -0.362 e. The van der Waals surface area contributed by atoms with Crippen LogP contribution in [0.4, 0.5) is 11.4 Å². The third kappa shape index (κ3) is 4.10. The zero-order chi connectivity index (χ0) is 22.9. The monoisotopic (exact) mass is 440 g/mol. The number of amides is 2. The van der Waals surface area contributed by atoms with E-state index in [-0.39, 0.29) is 23.5 Å². The van der Waals surface area contributed by atoms with Gasteiger partial charge < -0.3 is 20.9 Å². The van der Waals surface area contributed by atoms with Gasteiger partial charge >= 0.3 is 0 Å². The molecule has 2 aliphatic heterocycles. The maximum atomic E-state index is 13.1. The maximum absolute atomic E-state index is 13.1. The summed E-state index contributed by atoms with van der Waals surface area (Å²) in [5, 5.41) is 8.91. The lowest BCUT2D eigenvalue weighted by molar-refractivity contribution is -0.133. The third-order valence-electron chi connectivity index (χ3n) is 6.17. The van der Waals surface area contributed by atoms with E-state index in [4.69, 9.17) is 0 Å². The Morgan fingerprint density at radius 1 is 1.06 bits per heavy atom. The van der Waals surface area contributed by atoms with Crippen LogP contribution in [0.2, 0.25) is 0 Å². The van der Waals surface area contributed by atoms with Crippen molar-refractivity contribution in [1.29, 1.82) is 0 Å². The van der Waals surface area contributed by atoms with Gasteiger partial charge in [-0.05, 0) is 42.8 Å². The number of carbonyl (C=O) groups excluding carboxylic acids is 3. The Kier molecular flexibility index (Phi) is 5.40. The minimum atomic E-state index is -0.781. The summed E-state index contributed by atoms with van der Waals surface area (Å²) in [6.07, 6.45) is 3.58. The molecular formula is C26H24N4O3. The molecule has 7 nitrogen and oxygen atoms in total. The number of nitrogens with one attached hydrogen (secondary N) is 4. The van der Waals surface area contributed by atoms with Gasteiger partial charge in [-0.3, -0.25) is 14.4 Å². The average molecular weight is 441 g/mol. The summed E-state index contributed by atoms with van der Waals surface area (Å²) < 4.78 is 0. The number of fused-ring (bicyclic) bond motifs is 1. The van der Waals surface area contributed by atoms with E-state index in [0.29, 0.717) is 30.0 Å². The lowest BCUT2D eigenvalue weighted by Crippen LogP contribution is -2.47. The second-order valence-electron chi connectivity index (χ2n) is 8.46. The van der Waals surface area contributed by atoms with E-state index in [0.717, 1.165) is 22.4 Å². The Balaban J connectivity index is 1.32. The number of piperidine rings is 1. The fourth-order valence-electron chi connectivity index (χ4n) is 4.35. The van der Waals surface area contributed by atoms with Gasteiger partial charge in [0.05, 0.1) is 17.2 Å². The molecule has 2 amide bonds. The normalized spacial score (nSPS) is 21.1. The van der Waals surface area contributed by atoms with Crippen LogP contribution >= 0.6 is 0 Å². The highest BCUT2D eigenvalue weighted by Crippen LogP contribution is 2.35. The first kappa shape index (κ1) is 20.9. The highest BCUT2D eigenvalue weighted by atomic mass is 16.2. The van der Waals surface area contributed by atoms with Gasteiger partial charge in [-0.15, -0.1) is 0 Å². The van der Waals surface area contributed by atoms with Crippen LogP contribution in [0, 0.1) is 12.8 Å². The second-order valence-corrected chi connectivity index (χ2v) is 8.46. The fraction of sp³-hybridized carbons (Fsp3) is 0.192. The van der Waals surface area contributed by atoms with E-state index >= 15 is 0 Å². The van der Waals surface area contributed by atoms with Gasteiger partial charge in [-0.1, -0.05) is 35.9 Å². The maximum Gasteiger partial charge on any atom is 0.256 e. The van der Waals surface area contributed by atoms with Crippen molar-refractivity contribution < 1.29 is 14.4 Å². The van der Waals surface area contributed by atoms with Crippen molar-refractivity contribution in [3.8, 4) is 0 Å². The summed E-state index contributed by atoms with van der Waals surface area (Å²) in [4.78, 5) is 41.6. The predicted molar refractivity (Wildman–Crippen MR) is 128 cm³/mol. The zero-order valence-electron chi connectivity index (χ0n) is 18.1. The third-order valence-corrected chi connectivity index (χ3v) is 6.17. The standard InChI is InChI=1S/C26H24N4O3/c1-15-4-6-16(7-5-15)21-13-27-14-22(24(21)31)26(33)29-18-8-9-19-20(11-17-3-2-10-28-17)25(32)30-23(19)12-18/h2-12,21-22,27-28H,13-14H2,1H3,(H,29,33)(H,30,32)/b20-11-. The molecule has 2 aliphatic rings. The smallest absolute Gasteiger partial charge is 0.256 e. The molecule has 2 unspecified atom stereocenters. The van der Waals surface area contributed by atoms with Crippen molar-refractivity contribution in [3.05, 3.63) is 83.2 Å². The molecule has 0 spiro atoms. The number of benzene rings is 2. The largest absolute Gasteiger partial charge is 0.362 e. The highest BCUT2D eigenvalue weighted by Gasteiger charge is 2.36. The number of rotatable bonds is 4. The van der Waals surface area contributed by atoms with Crippen molar-refractivity contribution in [1.82, 2.24) is 10.3 Å². The van der Waals surface area contributed by atoms with Crippen molar-refractivity contribution in [2.45, 2.75) is 12.8 Å². The van der Waals surface area contributed by atoms with E-state index in [2.05, 4.69) is 20.9 Å². The molecule has 7 heteroatoms. The molecule has 3 aromatic rings. The summed E-state index contributed by atoms with van der Waals surface area (Å²) in [6, 6.07) is 16.9. The first-order valence-corrected chi connectivity index (χ1v) is 10.9. The van der Waals surface area contributed by atoms with Crippen LogP contribution in [0.25, 0.3) is 11.6 Å². The molecule has 1 saturated heterocycles. The number of ketones is 1. The molecule has 5 rings (SSSR count). The minimum absolute atomic E-state index is 0.0827. The molecule has 2 atom stereocenters. The SMILES string of the molecule is Cc1ccc(C2CNCC(C(=O)Nc3ccc4c(c3)NC(=O)/C4=C\c3ccc[nH]3)C2=O)cc1. The molecule has 1 aromatic heterocycles. The summed E-state index contributed by atoms with van der Waals surface area (Å²) >= 11 is 0. The topological polar surface area (TPSA) is 103 Å². The molecule has 0 saturated carbocycles. The molecule has 2 aromatic carbocycles. The van der Waals surface area contributed by atoms with E-state index < -0.39 is 5.92 Å². The summed E-state index contributed by atoms with van der Waals surface area (Å²) in [7, 11) is 0. The Bertz CT molecular complexity index is 1260. The quantitative estimate of drug-likeness (QED) is 0.369. The van der Waals surface area contributed by atoms with Crippen molar-refractivity contribution in [2.75, 3.05) is 23.7 Å². The Hall–Kier alpha value is -3.97. The number of hydrogen-bond acceptors (Lipinski definition) is 4. The molecule has 33 heavy (non-hydrogen) atoms. The number of aryl methyl sites for hydroxylation is 1. The van der Waals surface area contributed by atoms with Gasteiger partial charge in [-0.2, -0.15) is 0 Å². The molecule has 0 aliphatic carbocycles. The van der Waals surface area contributed by atoms with E-state index in [1.165, 1.54) is 0 Å². The van der Waals surface area contributed by atoms with Crippen LogP contribution in [-0.2, 0) is 14.4 Å². The van der Waals surface area contributed by atoms with Crippen LogP contribution in [0.5, 0.6) is 0 Å². The second kappa shape index (κ2) is 8.52. The first-order valence-electron chi connectivity index (χ1n) is 10.9. The lowest BCUT2D eigenvalue weighted by Gasteiger charge is -2.28. The van der Waals surface area contributed by atoms with Gasteiger partial charge in [0.15, 0.2) is 5.78 Å². The Morgan fingerprint density at radius 2 is 1.88 bits per heavy atom. The lowest BCUT2D eigenvalue weighted by atomic mass is 9.83. The summed E-state index contributed by atoms with van der Waals surface area (Å²) in [5.74, 6) is -1.77. The van der Waals surface area contributed by atoms with Crippen molar-refractivity contribution >= 4 is 40.6 Å². The van der Waals surface area contributed by atoms with Gasteiger partial charge in [0, 0.05) is 36.2 Å². The van der Waals surface area contributed by atoms with Crippen LogP contribution < -0.4 is 16.0 Å². The van der Waals surface area contributed by atoms with E-state index in [1.54, 1.807) is 30.5 Å². The van der Waals surface area contributed by atoms with E-state index in [9.17, 15) is 14.4 Å². The van der Waals surface area contributed by atoms with Crippen LogP contribution in [0.15, 0.2) is 60.8 Å². The number of H-pyrrole nitrogens is 1. The number of anilines is 2. The zero-order valence-corrected chi connectivity index (χ0v) is 18.1. The number of carbonyl (C=O) groups is 3. The first-order chi connectivity index (χ1) is 16.0. The fourth-order valence-corrected chi connectivity index (χ4v) is 4.35. The summed E-state index contributed by atoms with van der Waals surface area (Å²) in [5.41, 5.74) is 5.35. The highest BCUT2D eigenvalue weighted by molar-refractivity contribution is 6.35. The van der Waals surface area contributed by atoms with Gasteiger partial charge in [0.2, 0.25) is 5.91 Å². The number of hydrogen-bond donors (Lipinski definition) is 4. The molecule has 3 heterocycles. The molecule has 1 fully saturated rings. The van der Waals surface area contributed by atoms with Gasteiger partial charge in [0.25, 0.3) is 5.91 Å². The van der Waals surface area contributed by atoms with Gasteiger partial charge in [0.1, 0.15) is 5.92 Å². The van der Waals surface area contributed by atoms with Crippen LogP contribution in [0.3, 0.4) is 0 Å². The van der Waals surface area contributed by atoms with Crippen molar-refractivity contribution in [3.63, 3.8) is 0 Å². The summed E-state index contributed by atoms with van der Waals surface area (Å²) in [6.45, 7) is 2.82. The number of Topliss-reactive ketones (excluding diaryl/α,β-unsaturated/α-hetero) is 1. The van der Waals surface area contributed by atoms with Crippen LogP contribution in [0.1, 0.15) is 28.3 Å². The molecular weight excluding hydrogens is 416 g/mol.